The number of fused-ring (bicyclic) bond motifs is 1. The van der Waals surface area contributed by atoms with Crippen molar-refractivity contribution in [2.45, 2.75) is 44.4 Å². The monoisotopic (exact) mass is 412 g/mol. The highest BCUT2D eigenvalue weighted by molar-refractivity contribution is 5.78. The first kappa shape index (κ1) is 20.3. The highest BCUT2D eigenvalue weighted by atomic mass is 16.5. The molecule has 0 amide bonds. The maximum atomic E-state index is 13.5. The van der Waals surface area contributed by atoms with Crippen molar-refractivity contribution in [2.24, 2.45) is 0 Å². The summed E-state index contributed by atoms with van der Waals surface area (Å²) in [6.07, 6.45) is 2.76. The van der Waals surface area contributed by atoms with Crippen molar-refractivity contribution in [3.05, 3.63) is 52.4 Å². The van der Waals surface area contributed by atoms with Crippen LogP contribution in [-0.4, -0.2) is 41.7 Å². The number of hydrogen-bond donors (Lipinski definition) is 1. The quantitative estimate of drug-likeness (QED) is 0.672. The van der Waals surface area contributed by atoms with Crippen molar-refractivity contribution in [3.8, 4) is 17.2 Å². The van der Waals surface area contributed by atoms with Crippen LogP contribution in [0, 0.1) is 0 Å². The van der Waals surface area contributed by atoms with Crippen LogP contribution in [0.3, 0.4) is 0 Å². The van der Waals surface area contributed by atoms with Gasteiger partial charge in [0.1, 0.15) is 5.75 Å². The van der Waals surface area contributed by atoms with E-state index in [4.69, 9.17) is 14.2 Å². The van der Waals surface area contributed by atoms with Crippen LogP contribution in [0.2, 0.25) is 0 Å². The van der Waals surface area contributed by atoms with Gasteiger partial charge in [0.25, 0.3) is 0 Å². The molecule has 0 spiro atoms. The molecule has 0 atom stereocenters. The summed E-state index contributed by atoms with van der Waals surface area (Å²) in [6, 6.07) is 11.5. The van der Waals surface area contributed by atoms with Gasteiger partial charge in [-0.3, -0.25) is 9.13 Å². The van der Waals surface area contributed by atoms with Crippen molar-refractivity contribution in [3.63, 3.8) is 0 Å². The molecule has 0 bridgehead atoms. The lowest BCUT2D eigenvalue weighted by molar-refractivity contribution is 0.110. The number of imidazole rings is 1. The summed E-state index contributed by atoms with van der Waals surface area (Å²) in [6.45, 7) is 0.408. The Bertz CT molecular complexity index is 1090. The predicted octanol–water partition coefficient (Wildman–Crippen LogP) is 3.35. The van der Waals surface area contributed by atoms with Gasteiger partial charge in [-0.15, -0.1) is 0 Å². The van der Waals surface area contributed by atoms with Crippen LogP contribution in [-0.2, 0) is 6.54 Å². The van der Waals surface area contributed by atoms with Crippen LogP contribution in [0.25, 0.3) is 11.0 Å². The van der Waals surface area contributed by atoms with E-state index in [1.807, 2.05) is 41.0 Å². The van der Waals surface area contributed by atoms with E-state index in [2.05, 4.69) is 0 Å². The Balaban J connectivity index is 1.81. The third kappa shape index (κ3) is 3.65. The third-order valence-corrected chi connectivity index (χ3v) is 5.99. The highest BCUT2D eigenvalue weighted by Gasteiger charge is 2.25. The fourth-order valence-electron chi connectivity index (χ4n) is 4.37. The molecule has 1 heterocycles. The largest absolute Gasteiger partial charge is 0.497 e. The molecule has 0 saturated heterocycles. The SMILES string of the molecule is COc1ccc2c(c1)n(Cc1ccc(OC)c(OC)c1)c(=O)n2[C@H]1CC[C@H](O)CC1. The van der Waals surface area contributed by atoms with Crippen molar-refractivity contribution in [1.29, 1.82) is 0 Å². The fourth-order valence-corrected chi connectivity index (χ4v) is 4.37. The molecule has 7 nitrogen and oxygen atoms in total. The van der Waals surface area contributed by atoms with E-state index in [0.717, 1.165) is 42.3 Å². The van der Waals surface area contributed by atoms with Gasteiger partial charge in [0.2, 0.25) is 0 Å². The van der Waals surface area contributed by atoms with Gasteiger partial charge in [0.05, 0.1) is 45.0 Å². The Morgan fingerprint density at radius 2 is 1.63 bits per heavy atom. The Morgan fingerprint density at radius 1 is 0.900 bits per heavy atom. The minimum Gasteiger partial charge on any atom is -0.497 e. The Hall–Kier alpha value is -2.93. The van der Waals surface area contributed by atoms with Crippen LogP contribution in [0.15, 0.2) is 41.2 Å². The van der Waals surface area contributed by atoms with Gasteiger partial charge in [-0.05, 0) is 55.5 Å². The molecule has 0 radical (unpaired) electrons. The lowest BCUT2D eigenvalue weighted by Crippen LogP contribution is -2.31. The molecule has 1 N–H and O–H groups in total. The van der Waals surface area contributed by atoms with E-state index in [-0.39, 0.29) is 17.8 Å². The first-order valence-electron chi connectivity index (χ1n) is 10.2. The normalized spacial score (nSPS) is 19.1. The Labute approximate surface area is 175 Å². The summed E-state index contributed by atoms with van der Waals surface area (Å²) in [5.41, 5.74) is 2.62. The summed E-state index contributed by atoms with van der Waals surface area (Å²) in [7, 11) is 4.82. The Kier molecular flexibility index (Phi) is 5.72. The number of rotatable bonds is 6. The fraction of sp³-hybridized carbons (Fsp3) is 0.435. The van der Waals surface area contributed by atoms with Crippen LogP contribution < -0.4 is 19.9 Å². The minimum atomic E-state index is -0.267. The molecule has 30 heavy (non-hydrogen) atoms. The van der Waals surface area contributed by atoms with E-state index >= 15 is 0 Å². The molecule has 3 aromatic rings. The molecular formula is C23H28N2O5. The first-order chi connectivity index (χ1) is 14.5. The number of benzene rings is 2. The zero-order chi connectivity index (χ0) is 21.3. The van der Waals surface area contributed by atoms with Gasteiger partial charge in [-0.1, -0.05) is 6.07 Å². The lowest BCUT2D eigenvalue weighted by Gasteiger charge is -2.26. The first-order valence-corrected chi connectivity index (χ1v) is 10.2. The van der Waals surface area contributed by atoms with Crippen LogP contribution in [0.4, 0.5) is 0 Å². The summed E-state index contributed by atoms with van der Waals surface area (Å²) in [4.78, 5) is 13.5. The average Bonchev–Trinajstić information content (AvgIpc) is 3.04. The topological polar surface area (TPSA) is 74.9 Å². The van der Waals surface area contributed by atoms with E-state index in [9.17, 15) is 9.90 Å². The second-order valence-corrected chi connectivity index (χ2v) is 7.75. The van der Waals surface area contributed by atoms with Gasteiger partial charge < -0.3 is 19.3 Å². The summed E-state index contributed by atoms with van der Waals surface area (Å²) >= 11 is 0. The van der Waals surface area contributed by atoms with Gasteiger partial charge >= 0.3 is 5.69 Å². The van der Waals surface area contributed by atoms with Crippen molar-refractivity contribution < 1.29 is 19.3 Å². The van der Waals surface area contributed by atoms with Crippen LogP contribution in [0.5, 0.6) is 17.2 Å². The maximum absolute atomic E-state index is 13.5. The molecule has 0 unspecified atom stereocenters. The van der Waals surface area contributed by atoms with Crippen molar-refractivity contribution in [2.75, 3.05) is 21.3 Å². The van der Waals surface area contributed by atoms with E-state index in [1.165, 1.54) is 0 Å². The van der Waals surface area contributed by atoms with E-state index < -0.39 is 0 Å². The van der Waals surface area contributed by atoms with E-state index in [0.29, 0.717) is 23.8 Å². The molecule has 1 aromatic heterocycles. The smallest absolute Gasteiger partial charge is 0.329 e. The summed E-state index contributed by atoms with van der Waals surface area (Å²) < 4.78 is 19.8. The minimum absolute atomic E-state index is 0.0468. The van der Waals surface area contributed by atoms with E-state index in [1.54, 1.807) is 25.9 Å². The zero-order valence-corrected chi connectivity index (χ0v) is 17.6. The molecule has 1 fully saturated rings. The maximum Gasteiger partial charge on any atom is 0.329 e. The van der Waals surface area contributed by atoms with Crippen LogP contribution >= 0.6 is 0 Å². The third-order valence-electron chi connectivity index (χ3n) is 5.99. The number of hydrogen-bond acceptors (Lipinski definition) is 5. The number of ether oxygens (including phenoxy) is 3. The van der Waals surface area contributed by atoms with Gasteiger partial charge in [-0.25, -0.2) is 4.79 Å². The molecular weight excluding hydrogens is 384 g/mol. The molecule has 2 aromatic carbocycles. The van der Waals surface area contributed by atoms with Crippen molar-refractivity contribution >= 4 is 11.0 Å². The van der Waals surface area contributed by atoms with Gasteiger partial charge in [-0.2, -0.15) is 0 Å². The molecule has 7 heteroatoms. The molecule has 0 aliphatic heterocycles. The lowest BCUT2D eigenvalue weighted by atomic mass is 9.93. The standard InChI is InChI=1S/C23H28N2O5/c1-28-18-9-10-19-20(13-18)24(14-15-4-11-21(29-2)22(12-15)30-3)23(27)25(19)16-5-7-17(26)8-6-16/h4,9-13,16-17,26H,5-8,14H2,1-3H3/t16-,17-. The molecule has 4 rings (SSSR count). The predicted molar refractivity (Wildman–Crippen MR) is 115 cm³/mol. The molecule has 1 saturated carbocycles. The Morgan fingerprint density at radius 3 is 2.30 bits per heavy atom. The highest BCUT2D eigenvalue weighted by Crippen LogP contribution is 2.32. The second kappa shape index (κ2) is 8.44. The number of nitrogens with zero attached hydrogens (tertiary/aromatic N) is 2. The van der Waals surface area contributed by atoms with Crippen LogP contribution in [0.1, 0.15) is 37.3 Å². The number of aliphatic hydroxyl groups excluding tert-OH is 1. The number of aromatic nitrogens is 2. The summed E-state index contributed by atoms with van der Waals surface area (Å²) in [5.74, 6) is 1.99. The summed E-state index contributed by atoms with van der Waals surface area (Å²) in [5, 5.41) is 9.89. The number of methoxy groups -OCH3 is 3. The number of aliphatic hydroxyl groups is 1. The molecule has 1 aliphatic carbocycles. The van der Waals surface area contributed by atoms with Crippen molar-refractivity contribution in [1.82, 2.24) is 9.13 Å². The second-order valence-electron chi connectivity index (χ2n) is 7.75. The molecule has 160 valence electrons. The molecule has 1 aliphatic rings. The van der Waals surface area contributed by atoms with Gasteiger partial charge in [0.15, 0.2) is 11.5 Å². The zero-order valence-electron chi connectivity index (χ0n) is 17.6. The average molecular weight is 412 g/mol. The van der Waals surface area contributed by atoms with Gasteiger partial charge in [0, 0.05) is 12.1 Å².